The number of hydrogen-bond acceptors (Lipinski definition) is 3. The van der Waals surface area contributed by atoms with E-state index in [1.165, 1.54) is 38.4 Å². The maximum atomic E-state index is 14.1. The first-order valence-electron chi connectivity index (χ1n) is 8.02. The Bertz CT molecular complexity index is 492. The van der Waals surface area contributed by atoms with Gasteiger partial charge in [0, 0.05) is 24.7 Å². The van der Waals surface area contributed by atoms with Crippen molar-refractivity contribution in [1.82, 2.24) is 4.90 Å². The molecule has 2 heterocycles. The van der Waals surface area contributed by atoms with Gasteiger partial charge in [0.2, 0.25) is 0 Å². The normalized spacial score (nSPS) is 21.5. The fourth-order valence-electron chi connectivity index (χ4n) is 3.70. The van der Waals surface area contributed by atoms with Crippen molar-refractivity contribution in [2.45, 2.75) is 38.1 Å². The van der Waals surface area contributed by atoms with Crippen LogP contribution in [0, 0.1) is 5.82 Å². The molecule has 1 aromatic carbocycles. The van der Waals surface area contributed by atoms with Crippen molar-refractivity contribution in [2.24, 2.45) is 0 Å². The molecule has 2 fully saturated rings. The number of hydrogen-bond donors (Lipinski definition) is 0. The van der Waals surface area contributed by atoms with Crippen LogP contribution in [0.2, 0.25) is 0 Å². The number of benzene rings is 1. The van der Waals surface area contributed by atoms with Crippen LogP contribution in [-0.2, 0) is 0 Å². The van der Waals surface area contributed by atoms with Gasteiger partial charge in [0.25, 0.3) is 0 Å². The summed E-state index contributed by atoms with van der Waals surface area (Å²) in [6, 6.07) is 5.37. The van der Waals surface area contributed by atoms with Gasteiger partial charge in [-0.2, -0.15) is 0 Å². The Morgan fingerprint density at radius 2 is 1.76 bits per heavy atom. The van der Waals surface area contributed by atoms with Crippen LogP contribution in [0.5, 0.6) is 0 Å². The van der Waals surface area contributed by atoms with E-state index in [0.29, 0.717) is 17.3 Å². The Kier molecular flexibility index (Phi) is 4.54. The average Bonchev–Trinajstić information content (AvgIpc) is 2.55. The average molecular weight is 290 g/mol. The molecular formula is C17H23FN2O. The topological polar surface area (TPSA) is 23.6 Å². The van der Waals surface area contributed by atoms with E-state index in [0.717, 1.165) is 32.2 Å². The number of likely N-dealkylation sites (tertiary alicyclic amines) is 1. The van der Waals surface area contributed by atoms with Gasteiger partial charge in [-0.15, -0.1) is 0 Å². The fraction of sp³-hybridized carbons (Fsp3) is 0.588. The quantitative estimate of drug-likeness (QED) is 0.799. The van der Waals surface area contributed by atoms with Crippen molar-refractivity contribution in [3.05, 3.63) is 29.6 Å². The third-order valence-electron chi connectivity index (χ3n) is 4.83. The number of anilines is 1. The number of nitrogens with zero attached hydrogens (tertiary/aromatic N) is 2. The van der Waals surface area contributed by atoms with Crippen LogP contribution in [-0.4, -0.2) is 43.4 Å². The fourth-order valence-corrected chi connectivity index (χ4v) is 3.70. The second-order valence-electron chi connectivity index (χ2n) is 6.11. The van der Waals surface area contributed by atoms with Gasteiger partial charge in [-0.3, -0.25) is 4.79 Å². The van der Waals surface area contributed by atoms with Crippen molar-refractivity contribution < 1.29 is 9.18 Å². The van der Waals surface area contributed by atoms with Crippen LogP contribution in [0.1, 0.15) is 42.5 Å². The first-order valence-corrected chi connectivity index (χ1v) is 8.02. The van der Waals surface area contributed by atoms with Gasteiger partial charge in [0.15, 0.2) is 6.29 Å². The van der Waals surface area contributed by atoms with E-state index in [-0.39, 0.29) is 5.82 Å². The maximum absolute atomic E-state index is 14.1. The first-order chi connectivity index (χ1) is 10.3. The van der Waals surface area contributed by atoms with Crippen molar-refractivity contribution in [1.29, 1.82) is 0 Å². The van der Waals surface area contributed by atoms with Crippen LogP contribution >= 0.6 is 0 Å². The van der Waals surface area contributed by atoms with E-state index in [1.54, 1.807) is 12.1 Å². The van der Waals surface area contributed by atoms with Gasteiger partial charge >= 0.3 is 0 Å². The second kappa shape index (κ2) is 6.56. The molecule has 4 heteroatoms. The van der Waals surface area contributed by atoms with E-state index in [1.807, 2.05) is 4.90 Å². The molecule has 0 aliphatic carbocycles. The van der Waals surface area contributed by atoms with E-state index in [2.05, 4.69) is 4.90 Å². The maximum Gasteiger partial charge on any atom is 0.152 e. The highest BCUT2D eigenvalue weighted by Gasteiger charge is 2.27. The molecule has 114 valence electrons. The highest BCUT2D eigenvalue weighted by atomic mass is 19.1. The lowest BCUT2D eigenvalue weighted by molar-refractivity contribution is 0.112. The lowest BCUT2D eigenvalue weighted by Crippen LogP contribution is -2.47. The molecule has 2 aliphatic rings. The summed E-state index contributed by atoms with van der Waals surface area (Å²) in [7, 11) is 0. The summed E-state index contributed by atoms with van der Waals surface area (Å²) in [5.41, 5.74) is 0.955. The summed E-state index contributed by atoms with van der Waals surface area (Å²) in [6.45, 7) is 4.10. The molecule has 3 nitrogen and oxygen atoms in total. The summed E-state index contributed by atoms with van der Waals surface area (Å²) in [4.78, 5) is 15.8. The Hall–Kier alpha value is -1.42. The second-order valence-corrected chi connectivity index (χ2v) is 6.11. The van der Waals surface area contributed by atoms with Crippen LogP contribution in [0.25, 0.3) is 0 Å². The first kappa shape index (κ1) is 14.5. The van der Waals surface area contributed by atoms with Gasteiger partial charge < -0.3 is 9.80 Å². The number of para-hydroxylation sites is 1. The largest absolute Gasteiger partial charge is 0.368 e. The third-order valence-corrected chi connectivity index (χ3v) is 4.83. The molecule has 0 unspecified atom stereocenters. The molecule has 0 radical (unpaired) electrons. The molecular weight excluding hydrogens is 267 g/mol. The minimum atomic E-state index is -0.281. The molecule has 0 saturated carbocycles. The molecule has 0 amide bonds. The number of rotatable bonds is 3. The number of piperidine rings is 2. The monoisotopic (exact) mass is 290 g/mol. The van der Waals surface area contributed by atoms with Gasteiger partial charge in [-0.05, 0) is 50.9 Å². The molecule has 0 N–H and O–H groups in total. The highest BCUT2D eigenvalue weighted by molar-refractivity contribution is 5.84. The predicted octanol–water partition coefficient (Wildman–Crippen LogP) is 3.09. The van der Waals surface area contributed by atoms with Crippen LogP contribution in [0.4, 0.5) is 10.1 Å². The summed E-state index contributed by atoms with van der Waals surface area (Å²) in [5.74, 6) is -0.281. The number of carbonyl (C=O) groups is 1. The zero-order valence-corrected chi connectivity index (χ0v) is 12.4. The Morgan fingerprint density at radius 1 is 1.05 bits per heavy atom. The van der Waals surface area contributed by atoms with Crippen molar-refractivity contribution >= 4 is 12.0 Å². The number of aldehydes is 1. The van der Waals surface area contributed by atoms with Crippen LogP contribution in [0.15, 0.2) is 18.2 Å². The van der Waals surface area contributed by atoms with Gasteiger partial charge in [0.05, 0.1) is 5.69 Å². The molecule has 0 spiro atoms. The SMILES string of the molecule is O=Cc1cccc(F)c1N1CCC(N2CCCCC2)CC1. The van der Waals surface area contributed by atoms with E-state index in [4.69, 9.17) is 0 Å². The Morgan fingerprint density at radius 3 is 2.43 bits per heavy atom. The van der Waals surface area contributed by atoms with Gasteiger partial charge in [-0.1, -0.05) is 12.5 Å². The Balaban J connectivity index is 1.67. The summed E-state index contributed by atoms with van der Waals surface area (Å²) >= 11 is 0. The van der Waals surface area contributed by atoms with E-state index in [9.17, 15) is 9.18 Å². The van der Waals surface area contributed by atoms with Crippen molar-refractivity contribution in [3.8, 4) is 0 Å². The molecule has 0 bridgehead atoms. The zero-order valence-electron chi connectivity index (χ0n) is 12.4. The van der Waals surface area contributed by atoms with E-state index >= 15 is 0 Å². The molecule has 0 atom stereocenters. The summed E-state index contributed by atoms with van der Waals surface area (Å²) in [5, 5.41) is 0. The molecule has 3 rings (SSSR count). The molecule has 1 aromatic rings. The lowest BCUT2D eigenvalue weighted by atomic mass is 9.99. The summed E-state index contributed by atoms with van der Waals surface area (Å²) < 4.78 is 14.1. The highest BCUT2D eigenvalue weighted by Crippen LogP contribution is 2.28. The summed E-state index contributed by atoms with van der Waals surface area (Å²) in [6.07, 6.45) is 6.85. The molecule has 2 saturated heterocycles. The van der Waals surface area contributed by atoms with E-state index < -0.39 is 0 Å². The standard InChI is InChI=1S/C17H23FN2O/c18-16-6-4-5-14(13-21)17(16)20-11-7-15(8-12-20)19-9-2-1-3-10-19/h4-6,13,15H,1-3,7-12H2. The van der Waals surface area contributed by atoms with Gasteiger partial charge in [0.1, 0.15) is 5.82 Å². The minimum Gasteiger partial charge on any atom is -0.368 e. The number of carbonyl (C=O) groups excluding carboxylic acids is 1. The lowest BCUT2D eigenvalue weighted by Gasteiger charge is -2.41. The smallest absolute Gasteiger partial charge is 0.152 e. The predicted molar refractivity (Wildman–Crippen MR) is 82.4 cm³/mol. The molecule has 2 aliphatic heterocycles. The molecule has 21 heavy (non-hydrogen) atoms. The van der Waals surface area contributed by atoms with Crippen LogP contribution < -0.4 is 4.90 Å². The Labute approximate surface area is 125 Å². The van der Waals surface area contributed by atoms with Gasteiger partial charge in [-0.25, -0.2) is 4.39 Å². The van der Waals surface area contributed by atoms with Crippen LogP contribution in [0.3, 0.4) is 0 Å². The minimum absolute atomic E-state index is 0.281. The van der Waals surface area contributed by atoms with Crippen molar-refractivity contribution in [2.75, 3.05) is 31.1 Å². The number of halogens is 1. The third kappa shape index (κ3) is 3.10. The van der Waals surface area contributed by atoms with Crippen molar-refractivity contribution in [3.63, 3.8) is 0 Å². The molecule has 0 aromatic heterocycles. The zero-order chi connectivity index (χ0) is 14.7.